The van der Waals surface area contributed by atoms with E-state index < -0.39 is 0 Å². The van der Waals surface area contributed by atoms with Crippen LogP contribution in [0.25, 0.3) is 0 Å². The van der Waals surface area contributed by atoms with Gasteiger partial charge in [-0.15, -0.1) is 11.3 Å². The molecule has 0 aliphatic carbocycles. The number of amides is 1. The second kappa shape index (κ2) is 4.39. The number of hydrogen-bond donors (Lipinski definition) is 2. The Bertz CT molecular complexity index is 296. The van der Waals surface area contributed by atoms with Gasteiger partial charge in [0.2, 0.25) is 0 Å². The summed E-state index contributed by atoms with van der Waals surface area (Å²) >= 11 is 1.46. The van der Waals surface area contributed by atoms with Gasteiger partial charge in [0.1, 0.15) is 0 Å². The molecule has 0 radical (unpaired) electrons. The highest BCUT2D eigenvalue weighted by molar-refractivity contribution is 7.12. The Balaban J connectivity index is 2.58. The lowest BCUT2D eigenvalue weighted by Crippen LogP contribution is -2.37. The molecule has 72 valence electrons. The molecule has 0 saturated heterocycles. The Morgan fingerprint density at radius 3 is 2.92 bits per heavy atom. The third-order valence-corrected chi connectivity index (χ3v) is 2.73. The highest BCUT2D eigenvalue weighted by Gasteiger charge is 2.09. The molecule has 0 spiro atoms. The van der Waals surface area contributed by atoms with Gasteiger partial charge in [0.15, 0.2) is 0 Å². The maximum atomic E-state index is 11.5. The number of hydrogen-bond acceptors (Lipinski definition) is 3. The SMILES string of the molecule is Cc1csc(C(=O)NC(C)CN)c1. The molecule has 0 aliphatic rings. The smallest absolute Gasteiger partial charge is 0.261 e. The van der Waals surface area contributed by atoms with Crippen molar-refractivity contribution in [3.63, 3.8) is 0 Å². The molecule has 1 aromatic heterocycles. The Labute approximate surface area is 81.9 Å². The van der Waals surface area contributed by atoms with E-state index in [2.05, 4.69) is 5.32 Å². The van der Waals surface area contributed by atoms with Crippen LogP contribution in [0.2, 0.25) is 0 Å². The number of nitrogens with one attached hydrogen (secondary N) is 1. The monoisotopic (exact) mass is 198 g/mol. The van der Waals surface area contributed by atoms with Crippen LogP contribution in [0, 0.1) is 6.92 Å². The summed E-state index contributed by atoms with van der Waals surface area (Å²) in [5.41, 5.74) is 6.51. The quantitative estimate of drug-likeness (QED) is 0.765. The van der Waals surface area contributed by atoms with Crippen LogP contribution < -0.4 is 11.1 Å². The lowest BCUT2D eigenvalue weighted by atomic mass is 10.3. The molecule has 13 heavy (non-hydrogen) atoms. The second-order valence-electron chi connectivity index (χ2n) is 3.10. The van der Waals surface area contributed by atoms with E-state index >= 15 is 0 Å². The molecule has 0 fully saturated rings. The number of nitrogens with two attached hydrogens (primary N) is 1. The fraction of sp³-hybridized carbons (Fsp3) is 0.444. The van der Waals surface area contributed by atoms with Crippen molar-refractivity contribution in [3.05, 3.63) is 21.9 Å². The highest BCUT2D eigenvalue weighted by Crippen LogP contribution is 2.13. The number of carbonyl (C=O) groups excluding carboxylic acids is 1. The molecular formula is C9H14N2OS. The van der Waals surface area contributed by atoms with Gasteiger partial charge in [-0.05, 0) is 30.9 Å². The molecular weight excluding hydrogens is 184 g/mol. The average molecular weight is 198 g/mol. The van der Waals surface area contributed by atoms with Gasteiger partial charge in [0.25, 0.3) is 5.91 Å². The van der Waals surface area contributed by atoms with E-state index in [9.17, 15) is 4.79 Å². The summed E-state index contributed by atoms with van der Waals surface area (Å²) in [7, 11) is 0. The summed E-state index contributed by atoms with van der Waals surface area (Å²) in [6.07, 6.45) is 0. The minimum atomic E-state index is -0.0314. The molecule has 0 saturated carbocycles. The molecule has 1 atom stereocenters. The maximum absolute atomic E-state index is 11.5. The summed E-state index contributed by atoms with van der Waals surface area (Å²) in [6.45, 7) is 4.33. The molecule has 4 heteroatoms. The number of carbonyl (C=O) groups is 1. The summed E-state index contributed by atoms with van der Waals surface area (Å²) in [5, 5.41) is 4.77. The van der Waals surface area contributed by atoms with E-state index in [1.54, 1.807) is 0 Å². The maximum Gasteiger partial charge on any atom is 0.261 e. The van der Waals surface area contributed by atoms with Gasteiger partial charge in [-0.25, -0.2) is 0 Å². The van der Waals surface area contributed by atoms with Gasteiger partial charge in [-0.2, -0.15) is 0 Å². The first-order valence-corrected chi connectivity index (χ1v) is 5.07. The number of rotatable bonds is 3. The summed E-state index contributed by atoms with van der Waals surface area (Å²) in [4.78, 5) is 12.2. The average Bonchev–Trinajstić information content (AvgIpc) is 2.51. The van der Waals surface area contributed by atoms with Crippen molar-refractivity contribution in [1.82, 2.24) is 5.32 Å². The van der Waals surface area contributed by atoms with Crippen molar-refractivity contribution >= 4 is 17.2 Å². The van der Waals surface area contributed by atoms with Gasteiger partial charge in [0, 0.05) is 12.6 Å². The van der Waals surface area contributed by atoms with E-state index in [0.717, 1.165) is 10.4 Å². The largest absolute Gasteiger partial charge is 0.348 e. The van der Waals surface area contributed by atoms with Crippen LogP contribution in [0.5, 0.6) is 0 Å². The summed E-state index contributed by atoms with van der Waals surface area (Å²) < 4.78 is 0. The van der Waals surface area contributed by atoms with Crippen molar-refractivity contribution in [3.8, 4) is 0 Å². The van der Waals surface area contributed by atoms with E-state index in [4.69, 9.17) is 5.73 Å². The molecule has 1 unspecified atom stereocenters. The molecule has 1 heterocycles. The normalized spacial score (nSPS) is 12.5. The lowest BCUT2D eigenvalue weighted by Gasteiger charge is -2.09. The predicted molar refractivity (Wildman–Crippen MR) is 55.0 cm³/mol. The van der Waals surface area contributed by atoms with Gasteiger partial charge in [-0.1, -0.05) is 0 Å². The van der Waals surface area contributed by atoms with Crippen LogP contribution in [0.4, 0.5) is 0 Å². The van der Waals surface area contributed by atoms with Crippen molar-refractivity contribution in [2.75, 3.05) is 6.54 Å². The fourth-order valence-electron chi connectivity index (χ4n) is 0.904. The van der Waals surface area contributed by atoms with Crippen LogP contribution in [-0.4, -0.2) is 18.5 Å². The van der Waals surface area contributed by atoms with Crippen LogP contribution in [0.1, 0.15) is 22.2 Å². The van der Waals surface area contributed by atoms with Crippen molar-refractivity contribution in [1.29, 1.82) is 0 Å². The summed E-state index contributed by atoms with van der Waals surface area (Å²) in [6, 6.07) is 1.92. The molecule has 0 aromatic carbocycles. The zero-order valence-electron chi connectivity index (χ0n) is 7.83. The Morgan fingerprint density at radius 2 is 2.46 bits per heavy atom. The van der Waals surface area contributed by atoms with E-state index in [1.165, 1.54) is 11.3 Å². The number of thiophene rings is 1. The van der Waals surface area contributed by atoms with E-state index in [0.29, 0.717) is 6.54 Å². The molecule has 3 N–H and O–H groups in total. The number of aryl methyl sites for hydroxylation is 1. The van der Waals surface area contributed by atoms with Gasteiger partial charge in [-0.3, -0.25) is 4.79 Å². The van der Waals surface area contributed by atoms with Gasteiger partial charge >= 0.3 is 0 Å². The lowest BCUT2D eigenvalue weighted by molar-refractivity contribution is 0.0945. The van der Waals surface area contributed by atoms with E-state index in [1.807, 2.05) is 25.3 Å². The Hall–Kier alpha value is -0.870. The first kappa shape index (κ1) is 10.2. The highest BCUT2D eigenvalue weighted by atomic mass is 32.1. The van der Waals surface area contributed by atoms with Crippen molar-refractivity contribution < 1.29 is 4.79 Å². The minimum absolute atomic E-state index is 0.0314. The second-order valence-corrected chi connectivity index (χ2v) is 4.01. The third-order valence-electron chi connectivity index (χ3n) is 1.69. The Kier molecular flexibility index (Phi) is 3.45. The first-order valence-electron chi connectivity index (χ1n) is 4.19. The van der Waals surface area contributed by atoms with Crippen LogP contribution in [0.3, 0.4) is 0 Å². The standard InChI is InChI=1S/C9H14N2OS/c1-6-3-8(13-5-6)9(12)11-7(2)4-10/h3,5,7H,4,10H2,1-2H3,(H,11,12). The van der Waals surface area contributed by atoms with Crippen molar-refractivity contribution in [2.24, 2.45) is 5.73 Å². The molecule has 0 bridgehead atoms. The molecule has 1 rings (SSSR count). The van der Waals surface area contributed by atoms with E-state index in [-0.39, 0.29) is 11.9 Å². The Morgan fingerprint density at radius 1 is 1.77 bits per heavy atom. The van der Waals surface area contributed by atoms with Crippen molar-refractivity contribution in [2.45, 2.75) is 19.9 Å². The first-order chi connectivity index (χ1) is 6.13. The third kappa shape index (κ3) is 2.82. The summed E-state index contributed by atoms with van der Waals surface area (Å²) in [5.74, 6) is -0.0314. The topological polar surface area (TPSA) is 55.1 Å². The molecule has 1 amide bonds. The molecule has 1 aromatic rings. The van der Waals surface area contributed by atoms with Gasteiger partial charge < -0.3 is 11.1 Å². The van der Waals surface area contributed by atoms with Crippen LogP contribution in [-0.2, 0) is 0 Å². The predicted octanol–water partition coefficient (Wildman–Crippen LogP) is 1.13. The zero-order chi connectivity index (χ0) is 9.84. The van der Waals surface area contributed by atoms with Gasteiger partial charge in [0.05, 0.1) is 4.88 Å². The minimum Gasteiger partial charge on any atom is -0.348 e. The fourth-order valence-corrected chi connectivity index (χ4v) is 1.70. The van der Waals surface area contributed by atoms with Crippen LogP contribution >= 0.6 is 11.3 Å². The molecule has 3 nitrogen and oxygen atoms in total. The van der Waals surface area contributed by atoms with Crippen LogP contribution in [0.15, 0.2) is 11.4 Å². The molecule has 0 aliphatic heterocycles. The zero-order valence-corrected chi connectivity index (χ0v) is 8.65.